The number of fused-ring (bicyclic) bond motifs is 3. The molecular weight excluding hydrogens is 216 g/mol. The van der Waals surface area contributed by atoms with E-state index in [1.165, 1.54) is 0 Å². The monoisotopic (exact) mass is 232 g/mol. The molecule has 1 aliphatic rings. The maximum Gasteiger partial charge on any atom is 0.297 e. The summed E-state index contributed by atoms with van der Waals surface area (Å²) in [5.74, 6) is 0. The molecule has 4 heteroatoms. The van der Waals surface area contributed by atoms with Crippen LogP contribution < -0.4 is 4.74 Å². The van der Waals surface area contributed by atoms with Crippen molar-refractivity contribution in [3.8, 4) is 6.01 Å². The van der Waals surface area contributed by atoms with E-state index in [9.17, 15) is 0 Å². The van der Waals surface area contributed by atoms with Crippen molar-refractivity contribution in [2.75, 3.05) is 6.61 Å². The minimum atomic E-state index is 0.216. The molecule has 90 valence electrons. The van der Waals surface area contributed by atoms with Gasteiger partial charge in [-0.3, -0.25) is 4.57 Å². The van der Waals surface area contributed by atoms with Crippen molar-refractivity contribution in [2.24, 2.45) is 0 Å². The first-order chi connectivity index (χ1) is 8.38. The second kappa shape index (κ2) is 4.37. The lowest BCUT2D eigenvalue weighted by molar-refractivity contribution is 0.202. The Hall–Kier alpha value is -1.55. The number of aliphatic hydroxyl groups excluding tert-OH is 1. The molecule has 1 aromatic heterocycles. The van der Waals surface area contributed by atoms with Crippen molar-refractivity contribution in [3.63, 3.8) is 0 Å². The molecule has 1 aromatic carbocycles. The number of imidazole rings is 1. The summed E-state index contributed by atoms with van der Waals surface area (Å²) in [6.45, 7) is 1.14. The van der Waals surface area contributed by atoms with Crippen LogP contribution in [0.4, 0.5) is 0 Å². The molecule has 0 unspecified atom stereocenters. The number of para-hydroxylation sites is 2. The Morgan fingerprint density at radius 3 is 3.12 bits per heavy atom. The van der Waals surface area contributed by atoms with Gasteiger partial charge in [0.25, 0.3) is 6.01 Å². The van der Waals surface area contributed by atoms with Gasteiger partial charge in [0.1, 0.15) is 6.10 Å². The van der Waals surface area contributed by atoms with Crippen LogP contribution in [0.1, 0.15) is 19.3 Å². The third-order valence-corrected chi connectivity index (χ3v) is 3.21. The van der Waals surface area contributed by atoms with Crippen LogP contribution in [0.25, 0.3) is 11.0 Å². The first-order valence-corrected chi connectivity index (χ1v) is 6.11. The topological polar surface area (TPSA) is 47.3 Å². The van der Waals surface area contributed by atoms with Gasteiger partial charge in [-0.1, -0.05) is 12.1 Å². The van der Waals surface area contributed by atoms with Gasteiger partial charge in [0.15, 0.2) is 0 Å². The highest BCUT2D eigenvalue weighted by Gasteiger charge is 2.25. The zero-order valence-electron chi connectivity index (χ0n) is 9.67. The lowest BCUT2D eigenvalue weighted by Gasteiger charge is -2.08. The van der Waals surface area contributed by atoms with E-state index < -0.39 is 0 Å². The van der Waals surface area contributed by atoms with Crippen molar-refractivity contribution < 1.29 is 9.84 Å². The summed E-state index contributed by atoms with van der Waals surface area (Å²) < 4.78 is 7.95. The van der Waals surface area contributed by atoms with Crippen molar-refractivity contribution in [1.29, 1.82) is 0 Å². The summed E-state index contributed by atoms with van der Waals surface area (Å²) in [4.78, 5) is 4.46. The fraction of sp³-hybridized carbons (Fsp3) is 0.462. The molecule has 17 heavy (non-hydrogen) atoms. The molecular formula is C13H16N2O2. The summed E-state index contributed by atoms with van der Waals surface area (Å²) in [5, 5.41) is 8.76. The Labute approximate surface area is 99.8 Å². The van der Waals surface area contributed by atoms with Crippen molar-refractivity contribution >= 4 is 11.0 Å². The zero-order chi connectivity index (χ0) is 11.7. The van der Waals surface area contributed by atoms with Crippen LogP contribution in [0, 0.1) is 0 Å². The van der Waals surface area contributed by atoms with Crippen LogP contribution >= 0.6 is 0 Å². The summed E-state index contributed by atoms with van der Waals surface area (Å²) in [7, 11) is 0. The van der Waals surface area contributed by atoms with Gasteiger partial charge in [0, 0.05) is 6.61 Å². The number of aromatic nitrogens is 2. The summed E-state index contributed by atoms with van der Waals surface area (Å²) in [6, 6.07) is 8.83. The smallest absolute Gasteiger partial charge is 0.297 e. The summed E-state index contributed by atoms with van der Waals surface area (Å²) in [6.07, 6.45) is 3.05. The largest absolute Gasteiger partial charge is 0.459 e. The van der Waals surface area contributed by atoms with Crippen LogP contribution in [-0.4, -0.2) is 27.4 Å². The Bertz CT molecular complexity index is 521. The molecule has 0 aliphatic carbocycles. The Morgan fingerprint density at radius 1 is 1.35 bits per heavy atom. The highest BCUT2D eigenvalue weighted by molar-refractivity contribution is 5.76. The fourth-order valence-electron chi connectivity index (χ4n) is 2.34. The predicted octanol–water partition coefficient (Wildman–Crippen LogP) is 1.96. The highest BCUT2D eigenvalue weighted by atomic mass is 16.5. The van der Waals surface area contributed by atoms with Gasteiger partial charge in [-0.15, -0.1) is 0 Å². The fourth-order valence-corrected chi connectivity index (χ4v) is 2.34. The van der Waals surface area contributed by atoms with Crippen molar-refractivity contribution in [2.45, 2.75) is 31.9 Å². The Kier molecular flexibility index (Phi) is 2.73. The van der Waals surface area contributed by atoms with Crippen LogP contribution in [0.2, 0.25) is 0 Å². The molecule has 0 spiro atoms. The van der Waals surface area contributed by atoms with Crippen LogP contribution in [-0.2, 0) is 6.54 Å². The number of unbranched alkanes of at least 4 members (excludes halogenated alkanes) is 1. The first-order valence-electron chi connectivity index (χ1n) is 6.11. The van der Waals surface area contributed by atoms with E-state index >= 15 is 0 Å². The molecule has 1 aliphatic heterocycles. The second-order valence-corrected chi connectivity index (χ2v) is 4.45. The Balaban J connectivity index is 1.75. The standard InChI is InChI=1S/C13H16N2O2/c16-8-4-3-5-10-9-15-12-7-2-1-6-11(12)14-13(15)17-10/h1-2,6-7,10,16H,3-5,8-9H2/t10-/m1/s1. The normalized spacial score (nSPS) is 18.3. The molecule has 0 amide bonds. The molecule has 4 nitrogen and oxygen atoms in total. The molecule has 2 heterocycles. The third-order valence-electron chi connectivity index (χ3n) is 3.21. The molecule has 0 radical (unpaired) electrons. The second-order valence-electron chi connectivity index (χ2n) is 4.45. The first kappa shape index (κ1) is 10.6. The summed E-state index contributed by atoms with van der Waals surface area (Å²) in [5.41, 5.74) is 2.14. The quantitative estimate of drug-likeness (QED) is 0.820. The molecule has 0 saturated heterocycles. The van der Waals surface area contributed by atoms with Gasteiger partial charge in [-0.05, 0) is 31.4 Å². The van der Waals surface area contributed by atoms with Gasteiger partial charge in [0.05, 0.1) is 17.6 Å². The van der Waals surface area contributed by atoms with Gasteiger partial charge in [0.2, 0.25) is 0 Å². The predicted molar refractivity (Wildman–Crippen MR) is 65.1 cm³/mol. The van der Waals surface area contributed by atoms with E-state index in [-0.39, 0.29) is 12.7 Å². The minimum Gasteiger partial charge on any atom is -0.459 e. The van der Waals surface area contributed by atoms with Gasteiger partial charge >= 0.3 is 0 Å². The molecule has 1 N–H and O–H groups in total. The number of nitrogens with zero attached hydrogens (tertiary/aromatic N) is 2. The van der Waals surface area contributed by atoms with Crippen LogP contribution in [0.15, 0.2) is 24.3 Å². The van der Waals surface area contributed by atoms with Crippen LogP contribution in [0.5, 0.6) is 6.01 Å². The van der Waals surface area contributed by atoms with Crippen LogP contribution in [0.3, 0.4) is 0 Å². The van der Waals surface area contributed by atoms with E-state index in [2.05, 4.69) is 15.6 Å². The maximum absolute atomic E-state index is 8.76. The molecule has 2 aromatic rings. The highest BCUT2D eigenvalue weighted by Crippen LogP contribution is 2.29. The van der Waals surface area contributed by atoms with E-state index in [1.54, 1.807) is 0 Å². The SMILES string of the molecule is OCCCC[C@@H]1Cn2c(nc3ccccc32)O1. The molecule has 0 fully saturated rings. The van der Waals surface area contributed by atoms with E-state index in [0.717, 1.165) is 42.9 Å². The lowest BCUT2D eigenvalue weighted by Crippen LogP contribution is -2.14. The number of benzene rings is 1. The number of ether oxygens (including phenoxy) is 1. The zero-order valence-corrected chi connectivity index (χ0v) is 9.67. The van der Waals surface area contributed by atoms with E-state index in [0.29, 0.717) is 0 Å². The van der Waals surface area contributed by atoms with E-state index in [1.807, 2.05) is 18.2 Å². The summed E-state index contributed by atoms with van der Waals surface area (Å²) >= 11 is 0. The Morgan fingerprint density at radius 2 is 2.24 bits per heavy atom. The number of hydrogen-bond acceptors (Lipinski definition) is 3. The molecule has 0 saturated carbocycles. The number of hydrogen-bond donors (Lipinski definition) is 1. The van der Waals surface area contributed by atoms with Gasteiger partial charge < -0.3 is 9.84 Å². The molecule has 0 bridgehead atoms. The molecule has 3 rings (SSSR count). The van der Waals surface area contributed by atoms with E-state index in [4.69, 9.17) is 9.84 Å². The third kappa shape index (κ3) is 1.89. The molecule has 1 atom stereocenters. The minimum absolute atomic E-state index is 0.216. The number of aliphatic hydroxyl groups is 1. The van der Waals surface area contributed by atoms with Crippen molar-refractivity contribution in [3.05, 3.63) is 24.3 Å². The lowest BCUT2D eigenvalue weighted by atomic mass is 10.1. The van der Waals surface area contributed by atoms with Gasteiger partial charge in [-0.25, -0.2) is 0 Å². The number of rotatable bonds is 4. The average molecular weight is 232 g/mol. The average Bonchev–Trinajstić information content (AvgIpc) is 2.86. The maximum atomic E-state index is 8.76. The van der Waals surface area contributed by atoms with Gasteiger partial charge in [-0.2, -0.15) is 4.98 Å². The van der Waals surface area contributed by atoms with Crippen molar-refractivity contribution in [1.82, 2.24) is 9.55 Å².